The SMILES string of the molecule is Cc1ncn2cc(C=O)ccc12. The average Bonchev–Trinajstić information content (AvgIpc) is 2.47. The standard InChI is InChI=1S/C9H8N2O/c1-7-9-3-2-8(5-12)4-11(9)6-10-7/h2-6H,1H3. The van der Waals surface area contributed by atoms with Crippen molar-refractivity contribution in [3.8, 4) is 0 Å². The lowest BCUT2D eigenvalue weighted by Gasteiger charge is -1.94. The highest BCUT2D eigenvalue weighted by Crippen LogP contribution is 2.08. The van der Waals surface area contributed by atoms with Crippen LogP contribution in [0.1, 0.15) is 16.1 Å². The van der Waals surface area contributed by atoms with Gasteiger partial charge in [0.05, 0.1) is 17.5 Å². The second-order valence-electron chi connectivity index (χ2n) is 2.70. The molecular weight excluding hydrogens is 152 g/mol. The van der Waals surface area contributed by atoms with Gasteiger partial charge in [-0.1, -0.05) is 0 Å². The molecule has 0 unspecified atom stereocenters. The van der Waals surface area contributed by atoms with E-state index in [0.717, 1.165) is 17.5 Å². The fraction of sp³-hybridized carbons (Fsp3) is 0.111. The van der Waals surface area contributed by atoms with Gasteiger partial charge in [0.25, 0.3) is 0 Å². The smallest absolute Gasteiger partial charge is 0.151 e. The van der Waals surface area contributed by atoms with E-state index in [4.69, 9.17) is 0 Å². The number of carbonyl (C=O) groups excluding carboxylic acids is 1. The first-order chi connectivity index (χ1) is 5.81. The number of hydrogen-bond acceptors (Lipinski definition) is 2. The van der Waals surface area contributed by atoms with Gasteiger partial charge in [-0.15, -0.1) is 0 Å². The van der Waals surface area contributed by atoms with Crippen molar-refractivity contribution in [2.75, 3.05) is 0 Å². The molecule has 0 fully saturated rings. The maximum absolute atomic E-state index is 10.4. The molecule has 60 valence electrons. The first-order valence-corrected chi connectivity index (χ1v) is 3.70. The Balaban J connectivity index is 2.77. The quantitative estimate of drug-likeness (QED) is 0.592. The van der Waals surface area contributed by atoms with Gasteiger partial charge >= 0.3 is 0 Å². The summed E-state index contributed by atoms with van der Waals surface area (Å²) in [7, 11) is 0. The first kappa shape index (κ1) is 7.03. The van der Waals surface area contributed by atoms with Crippen LogP contribution < -0.4 is 0 Å². The van der Waals surface area contributed by atoms with Gasteiger partial charge in [0.15, 0.2) is 6.29 Å². The molecule has 2 aromatic heterocycles. The Labute approximate surface area is 69.7 Å². The lowest BCUT2D eigenvalue weighted by atomic mass is 10.3. The Morgan fingerprint density at radius 2 is 2.33 bits per heavy atom. The van der Waals surface area contributed by atoms with Crippen molar-refractivity contribution in [1.82, 2.24) is 9.38 Å². The zero-order chi connectivity index (χ0) is 8.55. The minimum absolute atomic E-state index is 0.667. The number of aromatic nitrogens is 2. The first-order valence-electron chi connectivity index (χ1n) is 3.70. The van der Waals surface area contributed by atoms with Crippen molar-refractivity contribution in [3.63, 3.8) is 0 Å². The molecule has 0 aromatic carbocycles. The fourth-order valence-corrected chi connectivity index (χ4v) is 1.22. The molecular formula is C9H8N2O. The van der Waals surface area contributed by atoms with E-state index in [9.17, 15) is 4.79 Å². The summed E-state index contributed by atoms with van der Waals surface area (Å²) in [6.07, 6.45) is 4.30. The molecule has 0 aliphatic rings. The molecule has 0 N–H and O–H groups in total. The molecule has 0 aliphatic heterocycles. The van der Waals surface area contributed by atoms with E-state index in [1.54, 1.807) is 18.6 Å². The van der Waals surface area contributed by atoms with Crippen LogP contribution in [0, 0.1) is 6.92 Å². The van der Waals surface area contributed by atoms with E-state index >= 15 is 0 Å². The van der Waals surface area contributed by atoms with Crippen LogP contribution in [0.25, 0.3) is 5.52 Å². The predicted octanol–water partition coefficient (Wildman–Crippen LogP) is 1.46. The monoisotopic (exact) mass is 160 g/mol. The third-order valence-electron chi connectivity index (χ3n) is 1.88. The van der Waals surface area contributed by atoms with Crippen LogP contribution in [0.15, 0.2) is 24.7 Å². The van der Waals surface area contributed by atoms with Gasteiger partial charge in [-0.2, -0.15) is 0 Å². The molecule has 0 saturated carbocycles. The normalized spacial score (nSPS) is 10.4. The van der Waals surface area contributed by atoms with Gasteiger partial charge in [0.2, 0.25) is 0 Å². The van der Waals surface area contributed by atoms with E-state index in [2.05, 4.69) is 4.98 Å². The van der Waals surface area contributed by atoms with Crippen LogP contribution in [0.5, 0.6) is 0 Å². The second kappa shape index (κ2) is 2.44. The van der Waals surface area contributed by atoms with Crippen molar-refractivity contribution in [2.45, 2.75) is 6.92 Å². The van der Waals surface area contributed by atoms with E-state index in [0.29, 0.717) is 5.56 Å². The maximum Gasteiger partial charge on any atom is 0.151 e. The Bertz CT molecular complexity index is 431. The van der Waals surface area contributed by atoms with Crippen LogP contribution in [-0.4, -0.2) is 15.7 Å². The number of imidazole rings is 1. The summed E-state index contributed by atoms with van der Waals surface area (Å²) in [6, 6.07) is 3.68. The third-order valence-corrected chi connectivity index (χ3v) is 1.88. The van der Waals surface area contributed by atoms with Crippen LogP contribution in [0.2, 0.25) is 0 Å². The summed E-state index contributed by atoms with van der Waals surface area (Å²) in [5.74, 6) is 0. The van der Waals surface area contributed by atoms with Crippen molar-refractivity contribution in [3.05, 3.63) is 35.9 Å². The van der Waals surface area contributed by atoms with Gasteiger partial charge in [-0.25, -0.2) is 4.98 Å². The van der Waals surface area contributed by atoms with Crippen LogP contribution >= 0.6 is 0 Å². The molecule has 2 rings (SSSR count). The zero-order valence-electron chi connectivity index (χ0n) is 6.69. The van der Waals surface area contributed by atoms with Crippen LogP contribution in [-0.2, 0) is 0 Å². The average molecular weight is 160 g/mol. The highest BCUT2D eigenvalue weighted by Gasteiger charge is 1.98. The van der Waals surface area contributed by atoms with E-state index in [-0.39, 0.29) is 0 Å². The molecule has 0 spiro atoms. The highest BCUT2D eigenvalue weighted by molar-refractivity contribution is 5.75. The van der Waals surface area contributed by atoms with Crippen molar-refractivity contribution >= 4 is 11.8 Å². The molecule has 0 bridgehead atoms. The number of aldehydes is 1. The van der Waals surface area contributed by atoms with Crippen LogP contribution in [0.4, 0.5) is 0 Å². The van der Waals surface area contributed by atoms with Gasteiger partial charge < -0.3 is 4.40 Å². The molecule has 2 aromatic rings. The summed E-state index contributed by atoms with van der Waals surface area (Å²) in [6.45, 7) is 1.94. The molecule has 0 atom stereocenters. The topological polar surface area (TPSA) is 34.4 Å². The highest BCUT2D eigenvalue weighted by atomic mass is 16.1. The molecule has 0 aliphatic carbocycles. The molecule has 2 heterocycles. The minimum atomic E-state index is 0.667. The number of hydrogen-bond donors (Lipinski definition) is 0. The van der Waals surface area contributed by atoms with Gasteiger partial charge in [-0.3, -0.25) is 4.79 Å². The molecule has 0 amide bonds. The zero-order valence-corrected chi connectivity index (χ0v) is 6.69. The molecule has 0 saturated heterocycles. The number of pyridine rings is 1. The minimum Gasteiger partial charge on any atom is -0.305 e. The summed E-state index contributed by atoms with van der Waals surface area (Å²) in [4.78, 5) is 14.5. The van der Waals surface area contributed by atoms with Crippen LogP contribution in [0.3, 0.4) is 0 Å². The molecule has 12 heavy (non-hydrogen) atoms. The maximum atomic E-state index is 10.4. The van der Waals surface area contributed by atoms with E-state index in [1.807, 2.05) is 17.4 Å². The van der Waals surface area contributed by atoms with E-state index < -0.39 is 0 Å². The van der Waals surface area contributed by atoms with Gasteiger partial charge in [0, 0.05) is 11.8 Å². The Kier molecular flexibility index (Phi) is 1.43. The lowest BCUT2D eigenvalue weighted by Crippen LogP contribution is -1.86. The summed E-state index contributed by atoms with van der Waals surface area (Å²) >= 11 is 0. The Morgan fingerprint density at radius 1 is 1.50 bits per heavy atom. The number of aryl methyl sites for hydroxylation is 1. The van der Waals surface area contributed by atoms with Gasteiger partial charge in [0.1, 0.15) is 0 Å². The van der Waals surface area contributed by atoms with Crippen molar-refractivity contribution < 1.29 is 4.79 Å². The Hall–Kier alpha value is -1.64. The van der Waals surface area contributed by atoms with Crippen molar-refractivity contribution in [1.29, 1.82) is 0 Å². The summed E-state index contributed by atoms with van der Waals surface area (Å²) in [5.41, 5.74) is 2.69. The third kappa shape index (κ3) is 0.906. The lowest BCUT2D eigenvalue weighted by molar-refractivity contribution is 0.112. The number of rotatable bonds is 1. The van der Waals surface area contributed by atoms with Gasteiger partial charge in [-0.05, 0) is 19.1 Å². The van der Waals surface area contributed by atoms with E-state index in [1.165, 1.54) is 0 Å². The van der Waals surface area contributed by atoms with Crippen molar-refractivity contribution in [2.24, 2.45) is 0 Å². The summed E-state index contributed by atoms with van der Waals surface area (Å²) in [5, 5.41) is 0. The summed E-state index contributed by atoms with van der Waals surface area (Å²) < 4.78 is 1.85. The largest absolute Gasteiger partial charge is 0.305 e. The number of fused-ring (bicyclic) bond motifs is 1. The number of nitrogens with zero attached hydrogens (tertiary/aromatic N) is 2. The molecule has 3 heteroatoms. The molecule has 0 radical (unpaired) electrons. The molecule has 3 nitrogen and oxygen atoms in total. The number of carbonyl (C=O) groups is 1. The Morgan fingerprint density at radius 3 is 3.08 bits per heavy atom. The predicted molar refractivity (Wildman–Crippen MR) is 45.3 cm³/mol. The fourth-order valence-electron chi connectivity index (χ4n) is 1.22. The second-order valence-corrected chi connectivity index (χ2v) is 2.70.